The van der Waals surface area contributed by atoms with Gasteiger partial charge in [-0.2, -0.15) is 0 Å². The molecule has 2 fully saturated rings. The fraction of sp³-hybridized carbons (Fsp3) is 1.00. The lowest BCUT2D eigenvalue weighted by Gasteiger charge is -2.24. The number of rotatable bonds is 10. The molecule has 1 aliphatic heterocycles. The second-order valence-corrected chi connectivity index (χ2v) is 6.14. The highest BCUT2D eigenvalue weighted by atomic mass is 16.5. The van der Waals surface area contributed by atoms with Gasteiger partial charge >= 0.3 is 0 Å². The van der Waals surface area contributed by atoms with Crippen molar-refractivity contribution in [3.05, 3.63) is 0 Å². The van der Waals surface area contributed by atoms with Gasteiger partial charge in [-0.1, -0.05) is 6.92 Å². The van der Waals surface area contributed by atoms with E-state index in [1.807, 2.05) is 0 Å². The summed E-state index contributed by atoms with van der Waals surface area (Å²) in [6.45, 7) is 9.05. The number of likely N-dealkylation sites (N-methyl/N-ethyl adjacent to an activating group) is 1. The van der Waals surface area contributed by atoms with E-state index in [1.54, 1.807) is 0 Å². The highest BCUT2D eigenvalue weighted by Gasteiger charge is 2.28. The third kappa shape index (κ3) is 5.78. The van der Waals surface area contributed by atoms with Crippen LogP contribution in [0.15, 0.2) is 0 Å². The predicted octanol–water partition coefficient (Wildman–Crippen LogP) is 1.36. The summed E-state index contributed by atoms with van der Waals surface area (Å²) in [5.41, 5.74) is 0. The quantitative estimate of drug-likeness (QED) is 0.608. The molecule has 0 bridgehead atoms. The van der Waals surface area contributed by atoms with Crippen molar-refractivity contribution in [3.8, 4) is 0 Å². The maximum Gasteiger partial charge on any atom is 0.0623 e. The maximum atomic E-state index is 5.70. The molecule has 2 aliphatic rings. The average molecular weight is 270 g/mol. The minimum absolute atomic E-state index is 0.537. The van der Waals surface area contributed by atoms with Crippen LogP contribution in [0.1, 0.15) is 26.2 Å². The number of hydrogen-bond acceptors (Lipinski definition) is 4. The molecule has 0 amide bonds. The van der Waals surface area contributed by atoms with Gasteiger partial charge in [0, 0.05) is 31.7 Å². The van der Waals surface area contributed by atoms with Crippen molar-refractivity contribution in [2.75, 3.05) is 53.1 Å². The van der Waals surface area contributed by atoms with Crippen molar-refractivity contribution in [3.63, 3.8) is 0 Å². The van der Waals surface area contributed by atoms with E-state index in [0.29, 0.717) is 12.0 Å². The van der Waals surface area contributed by atoms with Gasteiger partial charge in [0.1, 0.15) is 0 Å². The highest BCUT2D eigenvalue weighted by molar-refractivity contribution is 4.83. The first kappa shape index (κ1) is 15.2. The first-order chi connectivity index (χ1) is 9.29. The van der Waals surface area contributed by atoms with Crippen LogP contribution >= 0.6 is 0 Å². The van der Waals surface area contributed by atoms with E-state index < -0.39 is 0 Å². The van der Waals surface area contributed by atoms with Crippen molar-refractivity contribution in [2.45, 2.75) is 32.2 Å². The Morgan fingerprint density at radius 1 is 1.32 bits per heavy atom. The van der Waals surface area contributed by atoms with Crippen LogP contribution in [0.3, 0.4) is 0 Å². The zero-order chi connectivity index (χ0) is 13.5. The van der Waals surface area contributed by atoms with E-state index in [1.165, 1.54) is 19.3 Å². The summed E-state index contributed by atoms with van der Waals surface area (Å²) < 4.78 is 11.3. The molecule has 19 heavy (non-hydrogen) atoms. The third-order valence-corrected chi connectivity index (χ3v) is 4.07. The molecule has 2 atom stereocenters. The van der Waals surface area contributed by atoms with Crippen LogP contribution in [0, 0.1) is 11.8 Å². The molecule has 0 aromatic carbocycles. The summed E-state index contributed by atoms with van der Waals surface area (Å²) >= 11 is 0. The molecule has 4 nitrogen and oxygen atoms in total. The molecule has 1 aliphatic carbocycles. The number of nitrogens with zero attached hydrogens (tertiary/aromatic N) is 1. The zero-order valence-electron chi connectivity index (χ0n) is 12.6. The van der Waals surface area contributed by atoms with Crippen LogP contribution in [-0.4, -0.2) is 64.1 Å². The molecule has 0 radical (unpaired) electrons. The normalized spacial score (nSPS) is 27.3. The van der Waals surface area contributed by atoms with E-state index in [4.69, 9.17) is 9.47 Å². The summed E-state index contributed by atoms with van der Waals surface area (Å²) in [5, 5.41) is 3.59. The standard InChI is InChI=1S/C15H30N2O2/c1-3-6-16-15-12-19-11-14(15)9-17(2)7-8-18-10-13-4-5-13/h13-16H,3-12H2,1-2H3. The van der Waals surface area contributed by atoms with Crippen LogP contribution < -0.4 is 5.32 Å². The van der Waals surface area contributed by atoms with Crippen LogP contribution in [0.2, 0.25) is 0 Å². The fourth-order valence-electron chi connectivity index (χ4n) is 2.58. The van der Waals surface area contributed by atoms with E-state index in [2.05, 4.69) is 24.2 Å². The van der Waals surface area contributed by atoms with Crippen LogP contribution in [0.5, 0.6) is 0 Å². The van der Waals surface area contributed by atoms with Gasteiger partial charge in [0.15, 0.2) is 0 Å². The van der Waals surface area contributed by atoms with Crippen LogP contribution in [-0.2, 0) is 9.47 Å². The molecule has 1 saturated carbocycles. The number of nitrogens with one attached hydrogen (secondary N) is 1. The molecule has 112 valence electrons. The lowest BCUT2D eigenvalue weighted by Crippen LogP contribution is -2.41. The number of hydrogen-bond donors (Lipinski definition) is 1. The Morgan fingerprint density at radius 2 is 2.16 bits per heavy atom. The van der Waals surface area contributed by atoms with Gasteiger partial charge in [-0.3, -0.25) is 0 Å². The zero-order valence-corrected chi connectivity index (χ0v) is 12.6. The fourth-order valence-corrected chi connectivity index (χ4v) is 2.58. The summed E-state index contributed by atoms with van der Waals surface area (Å²) in [5.74, 6) is 1.50. The molecular weight excluding hydrogens is 240 g/mol. The first-order valence-corrected chi connectivity index (χ1v) is 7.87. The summed E-state index contributed by atoms with van der Waals surface area (Å²) in [7, 11) is 2.19. The Labute approximate surface area is 117 Å². The molecule has 0 spiro atoms. The molecular formula is C15H30N2O2. The Bertz CT molecular complexity index is 246. The van der Waals surface area contributed by atoms with E-state index in [-0.39, 0.29) is 0 Å². The van der Waals surface area contributed by atoms with Crippen molar-refractivity contribution >= 4 is 0 Å². The van der Waals surface area contributed by atoms with Crippen LogP contribution in [0.25, 0.3) is 0 Å². The van der Waals surface area contributed by atoms with E-state index >= 15 is 0 Å². The van der Waals surface area contributed by atoms with Crippen molar-refractivity contribution in [2.24, 2.45) is 11.8 Å². The second-order valence-electron chi connectivity index (χ2n) is 6.14. The SMILES string of the molecule is CCCNC1COCC1CN(C)CCOCC1CC1. The minimum atomic E-state index is 0.537. The smallest absolute Gasteiger partial charge is 0.0623 e. The van der Waals surface area contributed by atoms with E-state index in [0.717, 1.165) is 52.0 Å². The number of ether oxygens (including phenoxy) is 2. The first-order valence-electron chi connectivity index (χ1n) is 7.87. The largest absolute Gasteiger partial charge is 0.380 e. The molecule has 1 saturated heterocycles. The van der Waals surface area contributed by atoms with Crippen molar-refractivity contribution in [1.82, 2.24) is 10.2 Å². The monoisotopic (exact) mass is 270 g/mol. The predicted molar refractivity (Wildman–Crippen MR) is 77.4 cm³/mol. The van der Waals surface area contributed by atoms with Crippen LogP contribution in [0.4, 0.5) is 0 Å². The van der Waals surface area contributed by atoms with Gasteiger partial charge in [-0.15, -0.1) is 0 Å². The summed E-state index contributed by atoms with van der Waals surface area (Å²) in [4.78, 5) is 2.38. The van der Waals surface area contributed by atoms with Gasteiger partial charge in [0.05, 0.1) is 19.8 Å². The summed E-state index contributed by atoms with van der Waals surface area (Å²) in [6.07, 6.45) is 3.94. The van der Waals surface area contributed by atoms with Crippen molar-refractivity contribution in [1.29, 1.82) is 0 Å². The molecule has 0 aromatic rings. The van der Waals surface area contributed by atoms with E-state index in [9.17, 15) is 0 Å². The van der Waals surface area contributed by atoms with Crippen molar-refractivity contribution < 1.29 is 9.47 Å². The lowest BCUT2D eigenvalue weighted by atomic mass is 10.0. The highest BCUT2D eigenvalue weighted by Crippen LogP contribution is 2.28. The molecule has 4 heteroatoms. The van der Waals surface area contributed by atoms with Gasteiger partial charge < -0.3 is 19.7 Å². The average Bonchev–Trinajstić information content (AvgIpc) is 3.13. The lowest BCUT2D eigenvalue weighted by molar-refractivity contribution is 0.0966. The molecule has 1 N–H and O–H groups in total. The Balaban J connectivity index is 1.55. The topological polar surface area (TPSA) is 33.7 Å². The Hall–Kier alpha value is -0.160. The van der Waals surface area contributed by atoms with Gasteiger partial charge in [-0.05, 0) is 38.8 Å². The van der Waals surface area contributed by atoms with Gasteiger partial charge in [0.2, 0.25) is 0 Å². The minimum Gasteiger partial charge on any atom is -0.380 e. The second kappa shape index (κ2) is 8.20. The van der Waals surface area contributed by atoms with Gasteiger partial charge in [0.25, 0.3) is 0 Å². The molecule has 0 aromatic heterocycles. The molecule has 2 rings (SSSR count). The maximum absolute atomic E-state index is 5.70. The Kier molecular flexibility index (Phi) is 6.57. The summed E-state index contributed by atoms with van der Waals surface area (Å²) in [6, 6.07) is 0.537. The molecule has 1 heterocycles. The van der Waals surface area contributed by atoms with Gasteiger partial charge in [-0.25, -0.2) is 0 Å². The Morgan fingerprint density at radius 3 is 2.89 bits per heavy atom. The molecule has 2 unspecified atom stereocenters. The third-order valence-electron chi connectivity index (χ3n) is 4.07.